The SMILES string of the molecule is O=C(CCl)N1N=C(c2cccs2)C[C@H]1c1ccccc1O. The zero-order chi connectivity index (χ0) is 14.8. The molecule has 1 aliphatic heterocycles. The van der Waals surface area contributed by atoms with Crippen molar-refractivity contribution in [2.45, 2.75) is 12.5 Å². The number of nitrogens with zero attached hydrogens (tertiary/aromatic N) is 2. The number of hydrazone groups is 1. The molecule has 1 aromatic carbocycles. The molecule has 0 saturated carbocycles. The van der Waals surface area contributed by atoms with Crippen molar-refractivity contribution in [2.24, 2.45) is 5.10 Å². The molecule has 0 fully saturated rings. The number of phenolic OH excluding ortho intramolecular Hbond substituents is 1. The van der Waals surface area contributed by atoms with E-state index in [9.17, 15) is 9.90 Å². The van der Waals surface area contributed by atoms with Crippen LogP contribution in [0, 0.1) is 0 Å². The van der Waals surface area contributed by atoms with Crippen molar-refractivity contribution in [3.8, 4) is 5.75 Å². The lowest BCUT2D eigenvalue weighted by Gasteiger charge is -2.21. The van der Waals surface area contributed by atoms with Gasteiger partial charge in [-0.05, 0) is 17.5 Å². The maximum atomic E-state index is 12.0. The molecule has 0 unspecified atom stereocenters. The standard InChI is InChI=1S/C15H13ClN2O2S/c16-9-15(20)18-12(10-4-1-2-5-13(10)19)8-11(17-18)14-6-3-7-21-14/h1-7,12,19H,8-9H2/t12-/m0/s1. The lowest BCUT2D eigenvalue weighted by Crippen LogP contribution is -2.28. The predicted octanol–water partition coefficient (Wildman–Crippen LogP) is 3.37. The van der Waals surface area contributed by atoms with Gasteiger partial charge in [-0.2, -0.15) is 5.10 Å². The van der Waals surface area contributed by atoms with E-state index >= 15 is 0 Å². The highest BCUT2D eigenvalue weighted by molar-refractivity contribution is 7.12. The second-order valence-electron chi connectivity index (χ2n) is 4.67. The van der Waals surface area contributed by atoms with E-state index in [0.29, 0.717) is 12.0 Å². The fourth-order valence-corrected chi connectivity index (χ4v) is 3.25. The van der Waals surface area contributed by atoms with Crippen molar-refractivity contribution in [3.05, 3.63) is 52.2 Å². The molecule has 1 atom stereocenters. The molecule has 0 radical (unpaired) electrons. The van der Waals surface area contributed by atoms with Gasteiger partial charge in [-0.25, -0.2) is 5.01 Å². The molecule has 3 rings (SSSR count). The monoisotopic (exact) mass is 320 g/mol. The first-order chi connectivity index (χ1) is 10.2. The van der Waals surface area contributed by atoms with Crippen LogP contribution in [0.4, 0.5) is 0 Å². The maximum absolute atomic E-state index is 12.0. The van der Waals surface area contributed by atoms with E-state index in [4.69, 9.17) is 11.6 Å². The van der Waals surface area contributed by atoms with Gasteiger partial charge in [0, 0.05) is 12.0 Å². The minimum absolute atomic E-state index is 0.134. The van der Waals surface area contributed by atoms with Gasteiger partial charge < -0.3 is 5.11 Å². The van der Waals surface area contributed by atoms with Gasteiger partial charge >= 0.3 is 0 Å². The maximum Gasteiger partial charge on any atom is 0.258 e. The molecule has 4 nitrogen and oxygen atoms in total. The van der Waals surface area contributed by atoms with E-state index < -0.39 is 0 Å². The molecule has 1 amide bonds. The number of alkyl halides is 1. The van der Waals surface area contributed by atoms with E-state index in [-0.39, 0.29) is 23.6 Å². The highest BCUT2D eigenvalue weighted by atomic mass is 35.5. The Hall–Kier alpha value is -1.85. The molecule has 0 aliphatic carbocycles. The zero-order valence-corrected chi connectivity index (χ0v) is 12.6. The summed E-state index contributed by atoms with van der Waals surface area (Å²) < 4.78 is 0. The number of amides is 1. The number of thiophene rings is 1. The number of carbonyl (C=O) groups excluding carboxylic acids is 1. The Balaban J connectivity index is 1.98. The molecule has 2 aromatic rings. The summed E-state index contributed by atoms with van der Waals surface area (Å²) in [5.41, 5.74) is 1.53. The largest absolute Gasteiger partial charge is 0.508 e. The summed E-state index contributed by atoms with van der Waals surface area (Å²) in [5, 5.41) is 17.8. The minimum Gasteiger partial charge on any atom is -0.508 e. The first-order valence-corrected chi connectivity index (χ1v) is 7.89. The van der Waals surface area contributed by atoms with Gasteiger partial charge in [0.2, 0.25) is 0 Å². The Kier molecular flexibility index (Phi) is 3.94. The highest BCUT2D eigenvalue weighted by Gasteiger charge is 2.34. The molecule has 0 spiro atoms. The van der Waals surface area contributed by atoms with Crippen LogP contribution in [0.2, 0.25) is 0 Å². The normalized spacial score (nSPS) is 17.9. The molecule has 0 bridgehead atoms. The Morgan fingerprint density at radius 1 is 1.38 bits per heavy atom. The van der Waals surface area contributed by atoms with Gasteiger partial charge in [-0.15, -0.1) is 22.9 Å². The van der Waals surface area contributed by atoms with Crippen LogP contribution < -0.4 is 0 Å². The van der Waals surface area contributed by atoms with Crippen LogP contribution in [0.15, 0.2) is 46.9 Å². The predicted molar refractivity (Wildman–Crippen MR) is 83.9 cm³/mol. The van der Waals surface area contributed by atoms with Gasteiger partial charge in [0.05, 0.1) is 16.6 Å². The van der Waals surface area contributed by atoms with Crippen LogP contribution in [0.1, 0.15) is 22.9 Å². The van der Waals surface area contributed by atoms with Crippen molar-refractivity contribution in [1.82, 2.24) is 5.01 Å². The molecular formula is C15H13ClN2O2S. The van der Waals surface area contributed by atoms with Crippen molar-refractivity contribution < 1.29 is 9.90 Å². The lowest BCUT2D eigenvalue weighted by molar-refractivity contribution is -0.130. The van der Waals surface area contributed by atoms with Crippen molar-refractivity contribution in [1.29, 1.82) is 0 Å². The Morgan fingerprint density at radius 2 is 2.19 bits per heavy atom. The van der Waals surface area contributed by atoms with Crippen LogP contribution in [-0.4, -0.2) is 27.6 Å². The summed E-state index contributed by atoms with van der Waals surface area (Å²) in [5.74, 6) is -0.236. The van der Waals surface area contributed by atoms with Gasteiger partial charge in [-0.1, -0.05) is 24.3 Å². The third kappa shape index (κ3) is 2.66. The second kappa shape index (κ2) is 5.87. The molecule has 1 N–H and O–H groups in total. The molecule has 21 heavy (non-hydrogen) atoms. The summed E-state index contributed by atoms with van der Waals surface area (Å²) in [7, 11) is 0. The first kappa shape index (κ1) is 14.1. The summed E-state index contributed by atoms with van der Waals surface area (Å²) >= 11 is 7.26. The third-order valence-corrected chi connectivity index (χ3v) is 4.53. The number of rotatable bonds is 3. The summed E-state index contributed by atoms with van der Waals surface area (Å²) in [6, 6.07) is 10.6. The highest BCUT2D eigenvalue weighted by Crippen LogP contribution is 2.37. The van der Waals surface area contributed by atoms with Crippen LogP contribution in [0.5, 0.6) is 5.75 Å². The van der Waals surface area contributed by atoms with Gasteiger partial charge in [0.15, 0.2) is 0 Å². The van der Waals surface area contributed by atoms with E-state index in [1.807, 2.05) is 23.6 Å². The lowest BCUT2D eigenvalue weighted by atomic mass is 10.0. The van der Waals surface area contributed by atoms with E-state index in [1.165, 1.54) is 5.01 Å². The number of carbonyl (C=O) groups is 1. The molecule has 1 aromatic heterocycles. The average Bonchev–Trinajstić information content (AvgIpc) is 3.16. The first-order valence-electron chi connectivity index (χ1n) is 6.48. The number of hydrogen-bond donors (Lipinski definition) is 1. The number of hydrogen-bond acceptors (Lipinski definition) is 4. The van der Waals surface area contributed by atoms with Crippen molar-refractivity contribution >= 4 is 34.6 Å². The van der Waals surface area contributed by atoms with Crippen molar-refractivity contribution in [2.75, 3.05) is 5.88 Å². The van der Waals surface area contributed by atoms with Crippen LogP contribution >= 0.6 is 22.9 Å². The topological polar surface area (TPSA) is 52.9 Å². The van der Waals surface area contributed by atoms with Crippen LogP contribution in [-0.2, 0) is 4.79 Å². The number of benzene rings is 1. The van der Waals surface area contributed by atoms with Crippen molar-refractivity contribution in [3.63, 3.8) is 0 Å². The molecule has 108 valence electrons. The number of phenols is 1. The van der Waals surface area contributed by atoms with Gasteiger partial charge in [0.1, 0.15) is 11.6 Å². The van der Waals surface area contributed by atoms with E-state index in [0.717, 1.165) is 10.6 Å². The average molecular weight is 321 g/mol. The fourth-order valence-electron chi connectivity index (χ4n) is 2.40. The molecule has 1 aliphatic rings. The molecule has 2 heterocycles. The Morgan fingerprint density at radius 3 is 2.86 bits per heavy atom. The van der Waals surface area contributed by atoms with E-state index in [1.54, 1.807) is 29.5 Å². The number of halogens is 1. The molecular weight excluding hydrogens is 308 g/mol. The van der Waals surface area contributed by atoms with Gasteiger partial charge in [0.25, 0.3) is 5.91 Å². The summed E-state index contributed by atoms with van der Waals surface area (Å²) in [4.78, 5) is 13.1. The van der Waals surface area contributed by atoms with Gasteiger partial charge in [-0.3, -0.25) is 4.79 Å². The van der Waals surface area contributed by atoms with E-state index in [2.05, 4.69) is 5.10 Å². The second-order valence-corrected chi connectivity index (χ2v) is 5.89. The summed E-state index contributed by atoms with van der Waals surface area (Å²) in [6.45, 7) is 0. The zero-order valence-electron chi connectivity index (χ0n) is 11.1. The number of aromatic hydroxyl groups is 1. The Bertz CT molecular complexity index is 685. The smallest absolute Gasteiger partial charge is 0.258 e. The fraction of sp³-hybridized carbons (Fsp3) is 0.200. The minimum atomic E-state index is -0.311. The third-order valence-electron chi connectivity index (χ3n) is 3.38. The quantitative estimate of drug-likeness (QED) is 0.882. The Labute approximate surface area is 131 Å². The van der Waals surface area contributed by atoms with Crippen LogP contribution in [0.3, 0.4) is 0 Å². The molecule has 6 heteroatoms. The summed E-state index contributed by atoms with van der Waals surface area (Å²) in [6.07, 6.45) is 0.570. The number of para-hydroxylation sites is 1. The molecule has 0 saturated heterocycles. The van der Waals surface area contributed by atoms with Crippen LogP contribution in [0.25, 0.3) is 0 Å².